The highest BCUT2D eigenvalue weighted by molar-refractivity contribution is 7.90. The molecule has 1 heterocycles. The first-order valence-electron chi connectivity index (χ1n) is 7.78. The van der Waals surface area contributed by atoms with Gasteiger partial charge in [0.2, 0.25) is 0 Å². The highest BCUT2D eigenvalue weighted by atomic mass is 32.2. The fourth-order valence-corrected chi connectivity index (χ4v) is 3.37. The molecular weight excluding hydrogens is 336 g/mol. The molecule has 0 saturated carbocycles. The predicted molar refractivity (Wildman–Crippen MR) is 98.4 cm³/mol. The Bertz CT molecular complexity index is 1090. The van der Waals surface area contributed by atoms with Gasteiger partial charge in [0.25, 0.3) is 0 Å². The molecule has 3 rings (SSSR count). The van der Waals surface area contributed by atoms with Crippen LogP contribution < -0.4 is 5.43 Å². The summed E-state index contributed by atoms with van der Waals surface area (Å²) in [5.74, 6) is 0.944. The standard InChI is InChI=1S/C20H18O4S/c1-13-5-4-6-16(11-13)19-18(21)12-14(2)24-20(19)15-7-9-17(10-8-15)25(3,22)23/h4-12H,1-3H3. The summed E-state index contributed by atoms with van der Waals surface area (Å²) in [7, 11) is -3.28. The number of sulfone groups is 1. The minimum atomic E-state index is -3.28. The zero-order valence-corrected chi connectivity index (χ0v) is 15.1. The van der Waals surface area contributed by atoms with Crippen molar-refractivity contribution in [2.75, 3.05) is 6.26 Å². The van der Waals surface area contributed by atoms with Gasteiger partial charge in [0.05, 0.1) is 10.5 Å². The van der Waals surface area contributed by atoms with Gasteiger partial charge in [-0.2, -0.15) is 0 Å². The predicted octanol–water partition coefficient (Wildman–Crippen LogP) is 3.99. The Morgan fingerprint density at radius 1 is 0.880 bits per heavy atom. The molecule has 4 nitrogen and oxygen atoms in total. The molecule has 0 amide bonds. The zero-order chi connectivity index (χ0) is 18.2. The Balaban J connectivity index is 2.24. The van der Waals surface area contributed by atoms with E-state index in [9.17, 15) is 13.2 Å². The van der Waals surface area contributed by atoms with E-state index in [2.05, 4.69) is 0 Å². The summed E-state index contributed by atoms with van der Waals surface area (Å²) in [5, 5.41) is 0. The quantitative estimate of drug-likeness (QED) is 0.713. The van der Waals surface area contributed by atoms with Crippen LogP contribution in [0.2, 0.25) is 0 Å². The van der Waals surface area contributed by atoms with Gasteiger partial charge in [0, 0.05) is 17.9 Å². The van der Waals surface area contributed by atoms with Crippen molar-refractivity contribution in [3.8, 4) is 22.5 Å². The van der Waals surface area contributed by atoms with Gasteiger partial charge in [-0.1, -0.05) is 29.8 Å². The number of rotatable bonds is 3. The molecule has 0 radical (unpaired) electrons. The van der Waals surface area contributed by atoms with Crippen molar-refractivity contribution in [1.82, 2.24) is 0 Å². The molecule has 0 fully saturated rings. The van der Waals surface area contributed by atoms with Crippen molar-refractivity contribution in [3.05, 3.63) is 76.1 Å². The van der Waals surface area contributed by atoms with Crippen molar-refractivity contribution in [3.63, 3.8) is 0 Å². The fraction of sp³-hybridized carbons (Fsp3) is 0.150. The lowest BCUT2D eigenvalue weighted by atomic mass is 9.98. The normalized spacial score (nSPS) is 11.5. The SMILES string of the molecule is Cc1cccc(-c2c(-c3ccc(S(C)(=O)=O)cc3)oc(C)cc2=O)c1. The van der Waals surface area contributed by atoms with Gasteiger partial charge in [-0.3, -0.25) is 4.79 Å². The van der Waals surface area contributed by atoms with Gasteiger partial charge in [-0.15, -0.1) is 0 Å². The molecule has 0 spiro atoms. The second-order valence-electron chi connectivity index (χ2n) is 6.09. The van der Waals surface area contributed by atoms with E-state index < -0.39 is 9.84 Å². The average Bonchev–Trinajstić information content (AvgIpc) is 2.53. The van der Waals surface area contributed by atoms with Crippen molar-refractivity contribution in [2.45, 2.75) is 18.7 Å². The summed E-state index contributed by atoms with van der Waals surface area (Å²) in [6.07, 6.45) is 1.16. The maximum absolute atomic E-state index is 12.6. The van der Waals surface area contributed by atoms with Crippen molar-refractivity contribution < 1.29 is 12.8 Å². The largest absolute Gasteiger partial charge is 0.460 e. The molecule has 2 aromatic carbocycles. The lowest BCUT2D eigenvalue weighted by Gasteiger charge is -2.10. The van der Waals surface area contributed by atoms with Crippen LogP contribution in [0.4, 0.5) is 0 Å². The molecule has 3 aromatic rings. The third-order valence-electron chi connectivity index (χ3n) is 3.92. The first kappa shape index (κ1) is 17.2. The Morgan fingerprint density at radius 3 is 2.16 bits per heavy atom. The van der Waals surface area contributed by atoms with Crippen molar-refractivity contribution >= 4 is 9.84 Å². The summed E-state index contributed by atoms with van der Waals surface area (Å²) in [4.78, 5) is 12.8. The van der Waals surface area contributed by atoms with Gasteiger partial charge >= 0.3 is 0 Å². The summed E-state index contributed by atoms with van der Waals surface area (Å²) < 4.78 is 29.1. The summed E-state index contributed by atoms with van der Waals surface area (Å²) in [5.41, 5.74) is 2.81. The van der Waals surface area contributed by atoms with Crippen LogP contribution in [0.5, 0.6) is 0 Å². The van der Waals surface area contributed by atoms with Crippen LogP contribution in [-0.2, 0) is 9.84 Å². The van der Waals surface area contributed by atoms with Crippen LogP contribution in [0.1, 0.15) is 11.3 Å². The number of hydrogen-bond acceptors (Lipinski definition) is 4. The zero-order valence-electron chi connectivity index (χ0n) is 14.2. The van der Waals surface area contributed by atoms with Crippen LogP contribution >= 0.6 is 0 Å². The average molecular weight is 354 g/mol. The van der Waals surface area contributed by atoms with E-state index in [-0.39, 0.29) is 10.3 Å². The molecule has 128 valence electrons. The second-order valence-corrected chi connectivity index (χ2v) is 8.11. The highest BCUT2D eigenvalue weighted by Crippen LogP contribution is 2.31. The maximum atomic E-state index is 12.6. The minimum Gasteiger partial charge on any atom is -0.460 e. The van der Waals surface area contributed by atoms with E-state index in [1.54, 1.807) is 19.1 Å². The molecular formula is C20H18O4S. The van der Waals surface area contributed by atoms with Crippen LogP contribution in [-0.4, -0.2) is 14.7 Å². The van der Waals surface area contributed by atoms with Crippen LogP contribution in [0.15, 0.2) is 68.7 Å². The van der Waals surface area contributed by atoms with Crippen molar-refractivity contribution in [2.24, 2.45) is 0 Å². The Kier molecular flexibility index (Phi) is 4.35. The summed E-state index contributed by atoms with van der Waals surface area (Å²) in [6.45, 7) is 3.68. The molecule has 25 heavy (non-hydrogen) atoms. The first-order chi connectivity index (χ1) is 11.8. The topological polar surface area (TPSA) is 64.3 Å². The molecule has 0 bridgehead atoms. The van der Waals surface area contributed by atoms with E-state index in [1.807, 2.05) is 31.2 Å². The molecule has 0 aliphatic heterocycles. The van der Waals surface area contributed by atoms with Crippen LogP contribution in [0.25, 0.3) is 22.5 Å². The van der Waals surface area contributed by atoms with E-state index in [0.29, 0.717) is 22.6 Å². The lowest BCUT2D eigenvalue weighted by molar-refractivity contribution is 0.531. The Labute approximate surface area is 146 Å². The third kappa shape index (κ3) is 3.56. The molecule has 0 N–H and O–H groups in total. The molecule has 0 aliphatic rings. The lowest BCUT2D eigenvalue weighted by Crippen LogP contribution is -2.06. The van der Waals surface area contributed by atoms with Crippen LogP contribution in [0, 0.1) is 13.8 Å². The highest BCUT2D eigenvalue weighted by Gasteiger charge is 2.16. The van der Waals surface area contributed by atoms with E-state index in [0.717, 1.165) is 17.4 Å². The fourth-order valence-electron chi connectivity index (χ4n) is 2.74. The maximum Gasteiger partial charge on any atom is 0.193 e. The first-order valence-corrected chi connectivity index (χ1v) is 9.67. The molecule has 5 heteroatoms. The van der Waals surface area contributed by atoms with Gasteiger partial charge in [-0.25, -0.2) is 8.42 Å². The monoisotopic (exact) mass is 354 g/mol. The van der Waals surface area contributed by atoms with E-state index >= 15 is 0 Å². The van der Waals surface area contributed by atoms with Gasteiger partial charge < -0.3 is 4.42 Å². The van der Waals surface area contributed by atoms with Crippen molar-refractivity contribution in [1.29, 1.82) is 0 Å². The molecule has 0 saturated heterocycles. The van der Waals surface area contributed by atoms with E-state index in [4.69, 9.17) is 4.42 Å². The van der Waals surface area contributed by atoms with Gasteiger partial charge in [-0.05, 0) is 43.7 Å². The minimum absolute atomic E-state index is 0.128. The molecule has 0 aliphatic carbocycles. The third-order valence-corrected chi connectivity index (χ3v) is 5.05. The van der Waals surface area contributed by atoms with Gasteiger partial charge in [0.1, 0.15) is 11.5 Å². The van der Waals surface area contributed by atoms with Gasteiger partial charge in [0.15, 0.2) is 15.3 Å². The second kappa shape index (κ2) is 6.33. The number of benzene rings is 2. The molecule has 0 atom stereocenters. The summed E-state index contributed by atoms with van der Waals surface area (Å²) >= 11 is 0. The number of aryl methyl sites for hydroxylation is 2. The Hall–Kier alpha value is -2.66. The Morgan fingerprint density at radius 2 is 1.56 bits per heavy atom. The molecule has 1 aromatic heterocycles. The summed E-state index contributed by atoms with van der Waals surface area (Å²) in [6, 6.07) is 15.5. The van der Waals surface area contributed by atoms with E-state index in [1.165, 1.54) is 18.2 Å². The number of hydrogen-bond donors (Lipinski definition) is 0. The smallest absolute Gasteiger partial charge is 0.193 e. The van der Waals surface area contributed by atoms with Crippen LogP contribution in [0.3, 0.4) is 0 Å². The molecule has 0 unspecified atom stereocenters.